The summed E-state index contributed by atoms with van der Waals surface area (Å²) in [5, 5.41) is 9.55. The van der Waals surface area contributed by atoms with Crippen LogP contribution in [0.15, 0.2) is 41.2 Å². The zero-order valence-corrected chi connectivity index (χ0v) is 18.3. The van der Waals surface area contributed by atoms with Gasteiger partial charge in [0.25, 0.3) is 0 Å². The number of amides is 3. The lowest BCUT2D eigenvalue weighted by molar-refractivity contribution is -0.151. The van der Waals surface area contributed by atoms with Crippen molar-refractivity contribution in [2.75, 3.05) is 11.4 Å². The standard InChI is InChI=1S/C22H18F4N4O5/c1-27-15-7-6-12(8-16(15)28(2)20(27)34)29-10-13(19(32)33)18(31)30(21(29)35)9-11-4-3-5-14(23)17(11)22(24,25)26/h3-8,13H,9-10H2,1-2H3,(H,32,33). The summed E-state index contributed by atoms with van der Waals surface area (Å²) in [7, 11) is 3.03. The number of aromatic nitrogens is 2. The molecule has 9 nitrogen and oxygen atoms in total. The zero-order valence-electron chi connectivity index (χ0n) is 18.3. The molecule has 2 heterocycles. The summed E-state index contributed by atoms with van der Waals surface area (Å²) < 4.78 is 57.1. The molecule has 0 spiro atoms. The number of alkyl halides is 3. The molecule has 3 aromatic rings. The van der Waals surface area contributed by atoms with Gasteiger partial charge in [0.15, 0.2) is 5.92 Å². The fourth-order valence-corrected chi connectivity index (χ4v) is 4.16. The number of carboxylic acid groups (broad SMARTS) is 1. The van der Waals surface area contributed by atoms with Gasteiger partial charge in [0, 0.05) is 26.3 Å². The lowest BCUT2D eigenvalue weighted by Crippen LogP contribution is -2.58. The second kappa shape index (κ2) is 8.25. The van der Waals surface area contributed by atoms with Crippen LogP contribution in [0.5, 0.6) is 0 Å². The van der Waals surface area contributed by atoms with Gasteiger partial charge in [-0.25, -0.2) is 14.0 Å². The number of carbonyl (C=O) groups is 3. The Hall–Kier alpha value is -4.16. The lowest BCUT2D eigenvalue weighted by Gasteiger charge is -2.37. The Kier molecular flexibility index (Phi) is 5.65. The minimum atomic E-state index is -5.11. The Morgan fingerprint density at radius 3 is 2.34 bits per heavy atom. The molecule has 1 atom stereocenters. The number of carbonyl (C=O) groups excluding carboxylic acids is 2. The van der Waals surface area contributed by atoms with E-state index in [9.17, 15) is 41.8 Å². The van der Waals surface area contributed by atoms with Crippen LogP contribution in [0.1, 0.15) is 11.1 Å². The van der Waals surface area contributed by atoms with Crippen LogP contribution < -0.4 is 10.6 Å². The molecular weight excluding hydrogens is 476 g/mol. The van der Waals surface area contributed by atoms with E-state index >= 15 is 0 Å². The van der Waals surface area contributed by atoms with Crippen molar-refractivity contribution in [3.8, 4) is 0 Å². The van der Waals surface area contributed by atoms with Gasteiger partial charge in [-0.3, -0.25) is 28.5 Å². The van der Waals surface area contributed by atoms with Crippen molar-refractivity contribution in [3.63, 3.8) is 0 Å². The van der Waals surface area contributed by atoms with Crippen molar-refractivity contribution in [3.05, 3.63) is 63.8 Å². The summed E-state index contributed by atoms with van der Waals surface area (Å²) in [6.07, 6.45) is -5.11. The summed E-state index contributed by atoms with van der Waals surface area (Å²) in [6.45, 7) is -1.57. The van der Waals surface area contributed by atoms with Crippen molar-refractivity contribution in [2.45, 2.75) is 12.7 Å². The monoisotopic (exact) mass is 494 g/mol. The first-order chi connectivity index (χ1) is 16.3. The molecule has 1 saturated heterocycles. The number of rotatable bonds is 4. The van der Waals surface area contributed by atoms with Gasteiger partial charge in [0.05, 0.1) is 23.1 Å². The van der Waals surface area contributed by atoms with Crippen LogP contribution in [-0.4, -0.2) is 43.6 Å². The van der Waals surface area contributed by atoms with Crippen LogP contribution in [0.25, 0.3) is 11.0 Å². The molecule has 1 aliphatic heterocycles. The van der Waals surface area contributed by atoms with Crippen LogP contribution in [-0.2, 0) is 36.4 Å². The molecule has 1 aliphatic rings. The molecule has 184 valence electrons. The van der Waals surface area contributed by atoms with Crippen LogP contribution >= 0.6 is 0 Å². The summed E-state index contributed by atoms with van der Waals surface area (Å²) in [6, 6.07) is 5.80. The smallest absolute Gasteiger partial charge is 0.419 e. The molecule has 0 saturated carbocycles. The van der Waals surface area contributed by atoms with Gasteiger partial charge < -0.3 is 5.11 Å². The molecule has 0 radical (unpaired) electrons. The highest BCUT2D eigenvalue weighted by Gasteiger charge is 2.45. The quantitative estimate of drug-likeness (QED) is 0.444. The van der Waals surface area contributed by atoms with Crippen LogP contribution in [0.4, 0.5) is 28.0 Å². The van der Waals surface area contributed by atoms with Crippen molar-refractivity contribution in [1.29, 1.82) is 0 Å². The van der Waals surface area contributed by atoms with Gasteiger partial charge in [-0.1, -0.05) is 12.1 Å². The number of anilines is 1. The summed E-state index contributed by atoms with van der Waals surface area (Å²) in [5.41, 5.74) is -1.65. The molecule has 1 aromatic heterocycles. The number of nitrogens with zero attached hydrogens (tertiary/aromatic N) is 4. The van der Waals surface area contributed by atoms with E-state index in [1.54, 1.807) is 0 Å². The summed E-state index contributed by atoms with van der Waals surface area (Å²) >= 11 is 0. The van der Waals surface area contributed by atoms with E-state index in [1.165, 1.54) is 41.4 Å². The lowest BCUT2D eigenvalue weighted by atomic mass is 10.0. The fraction of sp³-hybridized carbons (Fsp3) is 0.273. The number of carboxylic acids is 1. The van der Waals surface area contributed by atoms with Crippen molar-refractivity contribution in [2.24, 2.45) is 20.0 Å². The summed E-state index contributed by atoms with van der Waals surface area (Å²) in [5.74, 6) is -6.16. The van der Waals surface area contributed by atoms with E-state index in [2.05, 4.69) is 0 Å². The highest BCUT2D eigenvalue weighted by molar-refractivity contribution is 6.12. The Morgan fingerprint density at radius 1 is 1.06 bits per heavy atom. The Morgan fingerprint density at radius 2 is 1.71 bits per heavy atom. The highest BCUT2D eigenvalue weighted by atomic mass is 19.4. The van der Waals surface area contributed by atoms with Gasteiger partial charge in [0.1, 0.15) is 5.82 Å². The van der Waals surface area contributed by atoms with Gasteiger partial charge in [-0.05, 0) is 29.8 Å². The van der Waals surface area contributed by atoms with Crippen LogP contribution in [0.2, 0.25) is 0 Å². The fourth-order valence-electron chi connectivity index (χ4n) is 4.16. The van der Waals surface area contributed by atoms with Crippen molar-refractivity contribution in [1.82, 2.24) is 14.0 Å². The maximum atomic E-state index is 14.0. The average molecular weight is 494 g/mol. The van der Waals surface area contributed by atoms with Crippen molar-refractivity contribution < 1.29 is 37.1 Å². The molecule has 0 aliphatic carbocycles. The average Bonchev–Trinajstić information content (AvgIpc) is 2.99. The molecular formula is C22H18F4N4O5. The molecule has 2 aromatic carbocycles. The van der Waals surface area contributed by atoms with Crippen LogP contribution in [0, 0.1) is 11.7 Å². The van der Waals surface area contributed by atoms with Crippen molar-refractivity contribution >= 4 is 34.6 Å². The predicted octanol–water partition coefficient (Wildman–Crippen LogP) is 2.70. The number of hydrogen-bond donors (Lipinski definition) is 1. The zero-order chi connectivity index (χ0) is 25.8. The number of aliphatic carboxylic acids is 1. The number of imidazole rings is 1. The number of fused-ring (bicyclic) bond motifs is 1. The van der Waals surface area contributed by atoms with Gasteiger partial charge in [-0.2, -0.15) is 13.2 Å². The third-order valence-electron chi connectivity index (χ3n) is 5.97. The molecule has 3 amide bonds. The van der Waals surface area contributed by atoms with Gasteiger partial charge in [-0.15, -0.1) is 0 Å². The van der Waals surface area contributed by atoms with E-state index in [0.29, 0.717) is 22.0 Å². The third-order valence-corrected chi connectivity index (χ3v) is 5.97. The number of halogens is 4. The van der Waals surface area contributed by atoms with Gasteiger partial charge >= 0.3 is 23.9 Å². The topological polar surface area (TPSA) is 105 Å². The van der Waals surface area contributed by atoms with Gasteiger partial charge in [0.2, 0.25) is 5.91 Å². The van der Waals surface area contributed by atoms with E-state index in [4.69, 9.17) is 0 Å². The molecule has 1 unspecified atom stereocenters. The molecule has 13 heteroatoms. The van der Waals surface area contributed by atoms with E-state index in [-0.39, 0.29) is 11.4 Å². The first-order valence-corrected chi connectivity index (χ1v) is 10.2. The molecule has 0 bridgehead atoms. The second-order valence-electron chi connectivity index (χ2n) is 8.05. The molecule has 35 heavy (non-hydrogen) atoms. The number of benzene rings is 2. The molecule has 4 rings (SSSR count). The summed E-state index contributed by atoms with van der Waals surface area (Å²) in [4.78, 5) is 51.3. The van der Waals surface area contributed by atoms with Crippen LogP contribution in [0.3, 0.4) is 0 Å². The first-order valence-electron chi connectivity index (χ1n) is 10.2. The predicted molar refractivity (Wildman–Crippen MR) is 114 cm³/mol. The van der Waals surface area contributed by atoms with E-state index in [0.717, 1.165) is 17.0 Å². The minimum Gasteiger partial charge on any atom is -0.481 e. The molecule has 1 N–H and O–H groups in total. The second-order valence-corrected chi connectivity index (χ2v) is 8.05. The normalized spacial score (nSPS) is 16.9. The Bertz CT molecular complexity index is 1440. The first kappa shape index (κ1) is 24.0. The highest BCUT2D eigenvalue weighted by Crippen LogP contribution is 2.35. The SMILES string of the molecule is Cn1c(=O)n(C)c2cc(N3CC(C(=O)O)C(=O)N(Cc4cccc(F)c4C(F)(F)F)C3=O)ccc21. The number of hydrogen-bond acceptors (Lipinski definition) is 4. The number of imide groups is 1. The maximum Gasteiger partial charge on any atom is 0.419 e. The third kappa shape index (κ3) is 3.92. The Balaban J connectivity index is 1.80. The van der Waals surface area contributed by atoms with E-state index < -0.39 is 60.0 Å². The Labute approximate surface area is 194 Å². The number of aryl methyl sites for hydroxylation is 2. The number of urea groups is 1. The van der Waals surface area contributed by atoms with E-state index in [1.807, 2.05) is 0 Å². The largest absolute Gasteiger partial charge is 0.481 e. The minimum absolute atomic E-state index is 0.128. The molecule has 1 fully saturated rings. The maximum absolute atomic E-state index is 14.0.